The molecule has 3 rings (SSSR count). The number of aromatic nitrogens is 2. The molecule has 3 aromatic rings. The average molecular weight is 353 g/mol. The molecule has 0 aliphatic heterocycles. The van der Waals surface area contributed by atoms with Gasteiger partial charge in [0, 0.05) is 9.35 Å². The fourth-order valence-electron chi connectivity index (χ4n) is 1.92. The first kappa shape index (κ1) is 12.8. The molecule has 2 heterocycles. The maximum Gasteiger partial charge on any atom is 0.262 e. The van der Waals surface area contributed by atoms with E-state index >= 15 is 0 Å². The predicted octanol–water partition coefficient (Wildman–Crippen LogP) is 3.93. The Labute approximate surface area is 126 Å². The number of halogens is 1. The molecular weight excluding hydrogens is 344 g/mol. The Bertz CT molecular complexity index is 849. The number of nitrogens with zero attached hydrogens (tertiary/aromatic N) is 1. The fraction of sp³-hybridized carbons (Fsp3) is 0.0769. The molecule has 6 heteroatoms. The van der Waals surface area contributed by atoms with Crippen molar-refractivity contribution in [1.29, 1.82) is 0 Å². The maximum absolute atomic E-state index is 12.5. The van der Waals surface area contributed by atoms with Gasteiger partial charge >= 0.3 is 0 Å². The molecule has 0 unspecified atom stereocenters. The van der Waals surface area contributed by atoms with Gasteiger partial charge in [-0.2, -0.15) is 0 Å². The Morgan fingerprint density at radius 3 is 2.95 bits per heavy atom. The molecule has 1 N–H and O–H groups in total. The minimum absolute atomic E-state index is 0.0616. The van der Waals surface area contributed by atoms with E-state index in [4.69, 9.17) is 12.2 Å². The van der Waals surface area contributed by atoms with Gasteiger partial charge in [0.2, 0.25) is 0 Å². The van der Waals surface area contributed by atoms with Crippen LogP contribution in [0.2, 0.25) is 0 Å². The molecule has 3 nitrogen and oxygen atoms in total. The third-order valence-electron chi connectivity index (χ3n) is 2.84. The molecule has 0 radical (unpaired) electrons. The highest BCUT2D eigenvalue weighted by Gasteiger charge is 2.07. The molecule has 2 aromatic heterocycles. The van der Waals surface area contributed by atoms with Crippen LogP contribution in [0.15, 0.2) is 45.0 Å². The summed E-state index contributed by atoms with van der Waals surface area (Å²) in [6.07, 6.45) is 0. The molecular formula is C13H9BrN2OS2. The topological polar surface area (TPSA) is 37.8 Å². The maximum atomic E-state index is 12.5. The second kappa shape index (κ2) is 5.03. The number of aromatic amines is 1. The van der Waals surface area contributed by atoms with Crippen LogP contribution in [0.1, 0.15) is 4.88 Å². The van der Waals surface area contributed by atoms with Crippen LogP contribution in [0.3, 0.4) is 0 Å². The van der Waals surface area contributed by atoms with Gasteiger partial charge in [-0.05, 0) is 41.9 Å². The van der Waals surface area contributed by atoms with Crippen molar-refractivity contribution >= 4 is 50.4 Å². The van der Waals surface area contributed by atoms with Crippen LogP contribution in [-0.2, 0) is 6.54 Å². The third kappa shape index (κ3) is 2.43. The summed E-state index contributed by atoms with van der Waals surface area (Å²) in [6, 6.07) is 9.52. The SMILES string of the molecule is O=c1c2cc(Br)ccc2[nH]c(=S)n1Cc1cccs1. The van der Waals surface area contributed by atoms with Crippen molar-refractivity contribution in [2.45, 2.75) is 6.54 Å². The highest BCUT2D eigenvalue weighted by atomic mass is 79.9. The molecule has 0 bridgehead atoms. The van der Waals surface area contributed by atoms with Crippen molar-refractivity contribution in [3.63, 3.8) is 0 Å². The second-order valence-electron chi connectivity index (χ2n) is 4.09. The van der Waals surface area contributed by atoms with Gasteiger partial charge < -0.3 is 4.98 Å². The lowest BCUT2D eigenvalue weighted by atomic mass is 10.2. The third-order valence-corrected chi connectivity index (χ3v) is 4.51. The number of nitrogens with one attached hydrogen (secondary N) is 1. The van der Waals surface area contributed by atoms with Crippen LogP contribution in [0, 0.1) is 4.77 Å². The lowest BCUT2D eigenvalue weighted by Gasteiger charge is -2.07. The molecule has 0 saturated carbocycles. The van der Waals surface area contributed by atoms with E-state index in [0.717, 1.165) is 14.9 Å². The number of H-pyrrole nitrogens is 1. The van der Waals surface area contributed by atoms with E-state index in [-0.39, 0.29) is 5.56 Å². The minimum Gasteiger partial charge on any atom is -0.332 e. The van der Waals surface area contributed by atoms with Crippen LogP contribution in [0.25, 0.3) is 10.9 Å². The van der Waals surface area contributed by atoms with E-state index in [1.807, 2.05) is 35.7 Å². The Kier molecular flexibility index (Phi) is 3.38. The summed E-state index contributed by atoms with van der Waals surface area (Å²) in [5.41, 5.74) is 0.703. The Morgan fingerprint density at radius 1 is 1.37 bits per heavy atom. The summed E-state index contributed by atoms with van der Waals surface area (Å²) in [5.74, 6) is 0. The second-order valence-corrected chi connectivity index (χ2v) is 6.43. The number of rotatable bonds is 2. The summed E-state index contributed by atoms with van der Waals surface area (Å²) in [4.78, 5) is 16.7. The normalized spacial score (nSPS) is 11.0. The minimum atomic E-state index is -0.0616. The van der Waals surface area contributed by atoms with Gasteiger partial charge in [0.15, 0.2) is 4.77 Å². The van der Waals surface area contributed by atoms with Gasteiger partial charge in [-0.15, -0.1) is 11.3 Å². The van der Waals surface area contributed by atoms with Crippen molar-refractivity contribution < 1.29 is 0 Å². The first-order valence-corrected chi connectivity index (χ1v) is 7.68. The molecule has 0 fully saturated rings. The van der Waals surface area contributed by atoms with Gasteiger partial charge in [-0.3, -0.25) is 9.36 Å². The van der Waals surface area contributed by atoms with E-state index in [0.29, 0.717) is 16.7 Å². The molecule has 0 amide bonds. The van der Waals surface area contributed by atoms with Crippen LogP contribution < -0.4 is 5.56 Å². The quantitative estimate of drug-likeness (QED) is 0.709. The smallest absolute Gasteiger partial charge is 0.262 e. The van der Waals surface area contributed by atoms with E-state index in [1.54, 1.807) is 15.9 Å². The van der Waals surface area contributed by atoms with Crippen molar-refractivity contribution in [1.82, 2.24) is 9.55 Å². The highest BCUT2D eigenvalue weighted by molar-refractivity contribution is 9.10. The van der Waals surface area contributed by atoms with E-state index in [9.17, 15) is 4.79 Å². The van der Waals surface area contributed by atoms with Crippen molar-refractivity contribution in [2.24, 2.45) is 0 Å². The number of thiophene rings is 1. The molecule has 0 aliphatic rings. The van der Waals surface area contributed by atoms with Gasteiger partial charge in [-0.25, -0.2) is 0 Å². The molecule has 0 spiro atoms. The van der Waals surface area contributed by atoms with Gasteiger partial charge in [-0.1, -0.05) is 22.0 Å². The first-order chi connectivity index (χ1) is 9.15. The van der Waals surface area contributed by atoms with E-state index in [2.05, 4.69) is 20.9 Å². The number of benzene rings is 1. The van der Waals surface area contributed by atoms with E-state index < -0.39 is 0 Å². The molecule has 0 atom stereocenters. The van der Waals surface area contributed by atoms with Crippen LogP contribution in [0.4, 0.5) is 0 Å². The summed E-state index contributed by atoms with van der Waals surface area (Å²) >= 11 is 10.3. The fourth-order valence-corrected chi connectivity index (χ4v) is 3.24. The lowest BCUT2D eigenvalue weighted by Crippen LogP contribution is -2.22. The highest BCUT2D eigenvalue weighted by Crippen LogP contribution is 2.16. The predicted molar refractivity (Wildman–Crippen MR) is 84.5 cm³/mol. The molecule has 96 valence electrons. The Hall–Kier alpha value is -1.24. The van der Waals surface area contributed by atoms with Crippen molar-refractivity contribution in [2.75, 3.05) is 0 Å². The van der Waals surface area contributed by atoms with Crippen molar-refractivity contribution in [3.05, 3.63) is 60.2 Å². The van der Waals surface area contributed by atoms with Gasteiger partial charge in [0.1, 0.15) is 0 Å². The largest absolute Gasteiger partial charge is 0.332 e. The number of hydrogen-bond acceptors (Lipinski definition) is 3. The molecule has 0 aliphatic carbocycles. The zero-order valence-corrected chi connectivity index (χ0v) is 12.9. The van der Waals surface area contributed by atoms with Crippen LogP contribution in [-0.4, -0.2) is 9.55 Å². The summed E-state index contributed by atoms with van der Waals surface area (Å²) in [6.45, 7) is 0.508. The molecule has 19 heavy (non-hydrogen) atoms. The Morgan fingerprint density at radius 2 is 2.21 bits per heavy atom. The Balaban J connectivity index is 2.25. The number of hydrogen-bond donors (Lipinski definition) is 1. The van der Waals surface area contributed by atoms with Crippen LogP contribution >= 0.6 is 39.5 Å². The standard InChI is InChI=1S/C13H9BrN2OS2/c14-8-3-4-11-10(6-8)12(17)16(13(18)15-11)7-9-2-1-5-19-9/h1-6H,7H2,(H,15,18). The van der Waals surface area contributed by atoms with Gasteiger partial charge in [0.05, 0.1) is 17.4 Å². The molecule has 1 aromatic carbocycles. The van der Waals surface area contributed by atoms with Gasteiger partial charge in [0.25, 0.3) is 5.56 Å². The van der Waals surface area contributed by atoms with Crippen LogP contribution in [0.5, 0.6) is 0 Å². The molecule has 0 saturated heterocycles. The summed E-state index contributed by atoms with van der Waals surface area (Å²) in [5, 5.41) is 2.63. The zero-order chi connectivity index (χ0) is 13.4. The summed E-state index contributed by atoms with van der Waals surface area (Å²) < 4.78 is 2.93. The number of fused-ring (bicyclic) bond motifs is 1. The van der Waals surface area contributed by atoms with Crippen molar-refractivity contribution in [3.8, 4) is 0 Å². The lowest BCUT2D eigenvalue weighted by molar-refractivity contribution is 0.743. The zero-order valence-electron chi connectivity index (χ0n) is 9.72. The monoisotopic (exact) mass is 352 g/mol. The first-order valence-electron chi connectivity index (χ1n) is 5.60. The van der Waals surface area contributed by atoms with E-state index in [1.165, 1.54) is 0 Å². The summed E-state index contributed by atoms with van der Waals surface area (Å²) in [7, 11) is 0. The average Bonchev–Trinajstić information content (AvgIpc) is 2.89.